The van der Waals surface area contributed by atoms with Crippen LogP contribution in [0.4, 0.5) is 0 Å². The smallest absolute Gasteiger partial charge is 0.272 e. The van der Waals surface area contributed by atoms with Crippen molar-refractivity contribution in [2.75, 3.05) is 0 Å². The maximum absolute atomic E-state index is 13.6. The highest BCUT2D eigenvalue weighted by Crippen LogP contribution is 2.58. The molecule has 3 atom stereocenters. The molecular weight excluding hydrogens is 416 g/mol. The minimum atomic E-state index is -0.537. The predicted octanol–water partition coefficient (Wildman–Crippen LogP) is 4.03. The van der Waals surface area contributed by atoms with Crippen LogP contribution in [0.1, 0.15) is 91.1 Å². The third kappa shape index (κ3) is 3.26. The lowest BCUT2D eigenvalue weighted by Crippen LogP contribution is -2.53. The molecule has 172 valence electrons. The highest BCUT2D eigenvalue weighted by molar-refractivity contribution is 5.97. The number of hydrogen-bond donors (Lipinski definition) is 0. The minimum absolute atomic E-state index is 0.0112. The molecule has 0 aliphatic heterocycles. The van der Waals surface area contributed by atoms with E-state index in [2.05, 4.69) is 60.0 Å². The van der Waals surface area contributed by atoms with Gasteiger partial charge in [0.25, 0.3) is 11.8 Å². The summed E-state index contributed by atoms with van der Waals surface area (Å²) < 4.78 is 2.69. The van der Waals surface area contributed by atoms with Gasteiger partial charge in [-0.2, -0.15) is 19.6 Å². The number of benzene rings is 1. The van der Waals surface area contributed by atoms with Gasteiger partial charge < -0.3 is 0 Å². The van der Waals surface area contributed by atoms with Crippen LogP contribution in [0.15, 0.2) is 37.4 Å². The van der Waals surface area contributed by atoms with E-state index >= 15 is 0 Å². The van der Waals surface area contributed by atoms with Crippen LogP contribution in [0.2, 0.25) is 0 Å². The summed E-state index contributed by atoms with van der Waals surface area (Å²) in [5, 5.41) is 8.21. The quantitative estimate of drug-likeness (QED) is 0.603. The van der Waals surface area contributed by atoms with Crippen molar-refractivity contribution in [1.29, 1.82) is 0 Å². The molecular formula is C25H30N6O2. The Balaban J connectivity index is 1.63. The molecule has 3 unspecified atom stereocenters. The number of fused-ring (bicyclic) bond motifs is 3. The van der Waals surface area contributed by atoms with Gasteiger partial charge in [-0.15, -0.1) is 0 Å². The van der Waals surface area contributed by atoms with Gasteiger partial charge in [-0.25, -0.2) is 9.97 Å². The second-order valence-electron chi connectivity index (χ2n) is 10.3. The first kappa shape index (κ1) is 21.7. The van der Waals surface area contributed by atoms with Gasteiger partial charge in [-0.3, -0.25) is 9.59 Å². The molecule has 5 rings (SSSR count). The molecule has 1 fully saturated rings. The largest absolute Gasteiger partial charge is 0.279 e. The standard InChI is InChI=1S/C25H30N6O2/c1-16(2)18-10-17-6-7-21-24(3,20(17)11-19(18)22(32)30-14-26-12-28-30)8-5-9-25(21,4)23(33)31-15-27-13-29-31/h10-16,21H,5-9H2,1-4H3. The van der Waals surface area contributed by atoms with Gasteiger partial charge >= 0.3 is 0 Å². The highest BCUT2D eigenvalue weighted by Gasteiger charge is 2.55. The first-order valence-corrected chi connectivity index (χ1v) is 11.7. The fourth-order valence-electron chi connectivity index (χ4n) is 6.47. The minimum Gasteiger partial charge on any atom is -0.272 e. The van der Waals surface area contributed by atoms with E-state index < -0.39 is 5.41 Å². The molecule has 0 radical (unpaired) electrons. The molecule has 8 nitrogen and oxygen atoms in total. The summed E-state index contributed by atoms with van der Waals surface area (Å²) in [5.41, 5.74) is 3.46. The number of rotatable bonds is 3. The van der Waals surface area contributed by atoms with E-state index in [0.717, 1.165) is 37.7 Å². The molecule has 8 heteroatoms. The van der Waals surface area contributed by atoms with Crippen molar-refractivity contribution >= 4 is 11.8 Å². The van der Waals surface area contributed by atoms with Crippen molar-refractivity contribution in [2.24, 2.45) is 11.3 Å². The van der Waals surface area contributed by atoms with Gasteiger partial charge in [-0.05, 0) is 65.7 Å². The van der Waals surface area contributed by atoms with E-state index in [1.165, 1.54) is 45.8 Å². The second-order valence-corrected chi connectivity index (χ2v) is 10.3. The lowest BCUT2D eigenvalue weighted by atomic mass is 9.49. The van der Waals surface area contributed by atoms with Crippen LogP contribution in [0.5, 0.6) is 0 Å². The van der Waals surface area contributed by atoms with Gasteiger partial charge in [-0.1, -0.05) is 40.2 Å². The summed E-state index contributed by atoms with van der Waals surface area (Å²) in [6.45, 7) is 8.60. The maximum Gasteiger partial charge on any atom is 0.279 e. The normalized spacial score (nSPS) is 26.6. The SMILES string of the molecule is CC(C)c1cc2c(cc1C(=O)n1cncn1)C1(C)CCCC(C)(C(=O)n3cncn3)C1CC2. The zero-order valence-electron chi connectivity index (χ0n) is 19.7. The van der Waals surface area contributed by atoms with Crippen LogP contribution in [-0.2, 0) is 11.8 Å². The van der Waals surface area contributed by atoms with Crippen LogP contribution in [0, 0.1) is 11.3 Å². The number of carbonyl (C=O) groups excluding carboxylic acids is 2. The molecule has 0 bridgehead atoms. The fraction of sp³-hybridized carbons (Fsp3) is 0.520. The molecule has 0 saturated heterocycles. The second kappa shape index (κ2) is 7.71. The lowest BCUT2D eigenvalue weighted by Gasteiger charge is -2.54. The summed E-state index contributed by atoms with van der Waals surface area (Å²) in [6.07, 6.45) is 10.3. The molecule has 0 amide bonds. The molecule has 2 aliphatic rings. The summed E-state index contributed by atoms with van der Waals surface area (Å²) in [4.78, 5) is 34.9. The third-order valence-electron chi connectivity index (χ3n) is 8.12. The molecule has 1 aromatic carbocycles. The molecule has 33 heavy (non-hydrogen) atoms. The van der Waals surface area contributed by atoms with Crippen LogP contribution in [0.25, 0.3) is 0 Å². The lowest BCUT2D eigenvalue weighted by molar-refractivity contribution is 0.0151. The molecule has 3 aromatic rings. The van der Waals surface area contributed by atoms with Gasteiger partial charge in [0.05, 0.1) is 5.41 Å². The average Bonchev–Trinajstić information content (AvgIpc) is 3.51. The van der Waals surface area contributed by atoms with Crippen LogP contribution >= 0.6 is 0 Å². The van der Waals surface area contributed by atoms with Crippen molar-refractivity contribution in [2.45, 2.75) is 71.1 Å². The predicted molar refractivity (Wildman–Crippen MR) is 122 cm³/mol. The number of aryl methyl sites for hydroxylation is 1. The first-order chi connectivity index (χ1) is 15.8. The van der Waals surface area contributed by atoms with Crippen molar-refractivity contribution in [3.63, 3.8) is 0 Å². The number of carbonyl (C=O) groups is 2. The van der Waals surface area contributed by atoms with E-state index in [9.17, 15) is 9.59 Å². The van der Waals surface area contributed by atoms with Crippen molar-refractivity contribution in [1.82, 2.24) is 29.5 Å². The van der Waals surface area contributed by atoms with E-state index in [1.807, 2.05) is 0 Å². The number of hydrogen-bond acceptors (Lipinski definition) is 6. The van der Waals surface area contributed by atoms with Crippen LogP contribution in [-0.4, -0.2) is 41.3 Å². The van der Waals surface area contributed by atoms with Crippen molar-refractivity contribution in [3.8, 4) is 0 Å². The Bertz CT molecular complexity index is 1200. The fourth-order valence-corrected chi connectivity index (χ4v) is 6.47. The van der Waals surface area contributed by atoms with E-state index in [0.29, 0.717) is 5.56 Å². The Morgan fingerprint density at radius 1 is 1.03 bits per heavy atom. The van der Waals surface area contributed by atoms with Crippen molar-refractivity contribution in [3.05, 3.63) is 59.7 Å². The van der Waals surface area contributed by atoms with Gasteiger partial charge in [0.2, 0.25) is 0 Å². The maximum atomic E-state index is 13.6. The summed E-state index contributed by atoms with van der Waals surface area (Å²) >= 11 is 0. The van der Waals surface area contributed by atoms with E-state index in [4.69, 9.17) is 0 Å². The zero-order chi connectivity index (χ0) is 23.4. The third-order valence-corrected chi connectivity index (χ3v) is 8.12. The number of aromatic nitrogens is 6. The first-order valence-electron chi connectivity index (χ1n) is 11.7. The Morgan fingerprint density at radius 3 is 2.36 bits per heavy atom. The van der Waals surface area contributed by atoms with Gasteiger partial charge in [0.1, 0.15) is 25.3 Å². The molecule has 2 aliphatic carbocycles. The Morgan fingerprint density at radius 2 is 1.73 bits per heavy atom. The number of nitrogens with zero attached hydrogens (tertiary/aromatic N) is 6. The van der Waals surface area contributed by atoms with Crippen LogP contribution < -0.4 is 0 Å². The monoisotopic (exact) mass is 446 g/mol. The molecule has 2 heterocycles. The summed E-state index contributed by atoms with van der Waals surface area (Å²) in [5.74, 6) is 0.204. The highest BCUT2D eigenvalue weighted by atomic mass is 16.2. The summed E-state index contributed by atoms with van der Waals surface area (Å²) in [6, 6.07) is 4.31. The van der Waals surface area contributed by atoms with Gasteiger partial charge in [0.15, 0.2) is 0 Å². The Kier molecular flexibility index (Phi) is 5.06. The van der Waals surface area contributed by atoms with E-state index in [1.54, 1.807) is 0 Å². The Hall–Kier alpha value is -3.16. The molecule has 0 N–H and O–H groups in total. The van der Waals surface area contributed by atoms with Gasteiger partial charge in [0, 0.05) is 5.56 Å². The Labute approximate surface area is 193 Å². The molecule has 0 spiro atoms. The molecule has 1 saturated carbocycles. The average molecular weight is 447 g/mol. The topological polar surface area (TPSA) is 95.6 Å². The summed E-state index contributed by atoms with van der Waals surface area (Å²) in [7, 11) is 0. The van der Waals surface area contributed by atoms with Crippen LogP contribution in [0.3, 0.4) is 0 Å². The van der Waals surface area contributed by atoms with E-state index in [-0.39, 0.29) is 29.1 Å². The molecule has 2 aromatic heterocycles. The zero-order valence-corrected chi connectivity index (χ0v) is 19.7. The van der Waals surface area contributed by atoms with Crippen molar-refractivity contribution < 1.29 is 9.59 Å².